The summed E-state index contributed by atoms with van der Waals surface area (Å²) >= 11 is 0. The van der Waals surface area contributed by atoms with Gasteiger partial charge in [0, 0.05) is 19.3 Å². The molecule has 1 atom stereocenters. The fourth-order valence-corrected chi connectivity index (χ4v) is 3.57. The zero-order chi connectivity index (χ0) is 15.4. The predicted octanol–water partition coefficient (Wildman–Crippen LogP) is 4.39. The van der Waals surface area contributed by atoms with Gasteiger partial charge in [0.05, 0.1) is 0 Å². The maximum Gasteiger partial charge on any atom is 0.0469 e. The zero-order valence-corrected chi connectivity index (χ0v) is 14.4. The van der Waals surface area contributed by atoms with Crippen molar-refractivity contribution in [2.45, 2.75) is 59.9 Å². The number of benzene rings is 1. The summed E-state index contributed by atoms with van der Waals surface area (Å²) in [6, 6.07) is 2.81. The van der Waals surface area contributed by atoms with Gasteiger partial charge in [-0.05, 0) is 87.2 Å². The van der Waals surface area contributed by atoms with Gasteiger partial charge in [-0.3, -0.25) is 0 Å². The van der Waals surface area contributed by atoms with Gasteiger partial charge in [-0.25, -0.2) is 0 Å². The summed E-state index contributed by atoms with van der Waals surface area (Å²) in [6.45, 7) is 14.2. The van der Waals surface area contributed by atoms with E-state index in [9.17, 15) is 0 Å². The Morgan fingerprint density at radius 2 is 1.67 bits per heavy atom. The molecule has 1 saturated heterocycles. The summed E-state index contributed by atoms with van der Waals surface area (Å²) in [6.07, 6.45) is 3.53. The Bertz CT molecular complexity index is 449. The molecule has 1 N–H and O–H groups in total. The van der Waals surface area contributed by atoms with Crippen LogP contribution in [0.4, 0.5) is 0 Å². The maximum absolute atomic E-state index is 5.57. The van der Waals surface area contributed by atoms with Crippen molar-refractivity contribution in [3.05, 3.63) is 33.9 Å². The molecule has 118 valence electrons. The van der Waals surface area contributed by atoms with Gasteiger partial charge in [0.1, 0.15) is 0 Å². The normalized spacial score (nSPS) is 18.0. The van der Waals surface area contributed by atoms with Crippen LogP contribution in [-0.4, -0.2) is 19.8 Å². The Morgan fingerprint density at radius 3 is 2.19 bits per heavy atom. The molecule has 0 aromatic heterocycles. The minimum atomic E-state index is 0.479. The lowest BCUT2D eigenvalue weighted by atomic mass is 9.81. The van der Waals surface area contributed by atoms with E-state index in [4.69, 9.17) is 4.74 Å². The van der Waals surface area contributed by atoms with Crippen LogP contribution >= 0.6 is 0 Å². The van der Waals surface area contributed by atoms with Crippen LogP contribution in [0.15, 0.2) is 6.07 Å². The van der Waals surface area contributed by atoms with Crippen molar-refractivity contribution in [3.63, 3.8) is 0 Å². The van der Waals surface area contributed by atoms with Crippen LogP contribution in [0.5, 0.6) is 0 Å². The molecule has 0 bridgehead atoms. The summed E-state index contributed by atoms with van der Waals surface area (Å²) in [7, 11) is 0. The van der Waals surface area contributed by atoms with Crippen LogP contribution in [-0.2, 0) is 4.74 Å². The second-order valence-corrected chi connectivity index (χ2v) is 6.56. The topological polar surface area (TPSA) is 21.3 Å². The standard InChI is InChI=1S/C19H31NO/c1-6-9-20-19(17-7-10-21-11-8-17)18-15(4)13(2)12-14(3)16(18)5/h12,17,19-20H,6-11H2,1-5H3. The Kier molecular flexibility index (Phi) is 5.83. The Morgan fingerprint density at radius 1 is 1.10 bits per heavy atom. The quantitative estimate of drug-likeness (QED) is 0.868. The minimum Gasteiger partial charge on any atom is -0.381 e. The van der Waals surface area contributed by atoms with Crippen molar-refractivity contribution < 1.29 is 4.74 Å². The second-order valence-electron chi connectivity index (χ2n) is 6.56. The monoisotopic (exact) mass is 289 g/mol. The van der Waals surface area contributed by atoms with Gasteiger partial charge < -0.3 is 10.1 Å². The minimum absolute atomic E-state index is 0.479. The highest BCUT2D eigenvalue weighted by Gasteiger charge is 2.28. The number of nitrogens with one attached hydrogen (secondary N) is 1. The first kappa shape index (κ1) is 16.5. The van der Waals surface area contributed by atoms with E-state index in [1.807, 2.05) is 0 Å². The van der Waals surface area contributed by atoms with Crippen molar-refractivity contribution in [2.75, 3.05) is 19.8 Å². The molecule has 21 heavy (non-hydrogen) atoms. The van der Waals surface area contributed by atoms with E-state index >= 15 is 0 Å². The molecule has 2 heteroatoms. The van der Waals surface area contributed by atoms with Crippen LogP contribution in [0.1, 0.15) is 60.0 Å². The summed E-state index contributed by atoms with van der Waals surface area (Å²) in [5.74, 6) is 0.698. The molecule has 2 rings (SSSR count). The molecule has 1 heterocycles. The van der Waals surface area contributed by atoms with Gasteiger partial charge in [0.2, 0.25) is 0 Å². The van der Waals surface area contributed by atoms with E-state index < -0.39 is 0 Å². The molecule has 1 aliphatic heterocycles. The highest BCUT2D eigenvalue weighted by atomic mass is 16.5. The molecule has 1 aromatic rings. The van der Waals surface area contributed by atoms with Gasteiger partial charge in [-0.1, -0.05) is 13.0 Å². The van der Waals surface area contributed by atoms with Crippen molar-refractivity contribution in [3.8, 4) is 0 Å². The molecule has 2 nitrogen and oxygen atoms in total. The highest BCUT2D eigenvalue weighted by molar-refractivity contribution is 5.46. The molecular weight excluding hydrogens is 258 g/mol. The molecule has 1 fully saturated rings. The van der Waals surface area contributed by atoms with Crippen LogP contribution in [0.25, 0.3) is 0 Å². The lowest BCUT2D eigenvalue weighted by Gasteiger charge is -2.34. The molecule has 1 aliphatic rings. The second kappa shape index (κ2) is 7.42. The lowest BCUT2D eigenvalue weighted by Crippen LogP contribution is -2.34. The summed E-state index contributed by atoms with van der Waals surface area (Å²) < 4.78 is 5.57. The molecule has 0 aliphatic carbocycles. The van der Waals surface area contributed by atoms with E-state index in [0.717, 1.165) is 19.8 Å². The van der Waals surface area contributed by atoms with E-state index in [-0.39, 0.29) is 0 Å². The molecule has 0 saturated carbocycles. The van der Waals surface area contributed by atoms with Gasteiger partial charge in [0.15, 0.2) is 0 Å². The van der Waals surface area contributed by atoms with E-state index in [1.54, 1.807) is 5.56 Å². The number of hydrogen-bond donors (Lipinski definition) is 1. The zero-order valence-electron chi connectivity index (χ0n) is 14.4. The van der Waals surface area contributed by atoms with Crippen LogP contribution in [0.2, 0.25) is 0 Å². The Hall–Kier alpha value is -0.860. The number of aryl methyl sites for hydroxylation is 2. The van der Waals surface area contributed by atoms with Crippen LogP contribution in [0.3, 0.4) is 0 Å². The SMILES string of the molecule is CCCNC(c1c(C)c(C)cc(C)c1C)C1CCOCC1. The Labute approximate surface area is 130 Å². The average Bonchev–Trinajstić information content (AvgIpc) is 2.49. The summed E-state index contributed by atoms with van der Waals surface area (Å²) in [5, 5.41) is 3.84. The fourth-order valence-electron chi connectivity index (χ4n) is 3.57. The van der Waals surface area contributed by atoms with Gasteiger partial charge in [0.25, 0.3) is 0 Å². The molecule has 0 radical (unpaired) electrons. The molecule has 1 aromatic carbocycles. The summed E-state index contributed by atoms with van der Waals surface area (Å²) in [5.41, 5.74) is 7.33. The number of hydrogen-bond acceptors (Lipinski definition) is 2. The third-order valence-corrected chi connectivity index (χ3v) is 5.09. The molecule has 0 amide bonds. The van der Waals surface area contributed by atoms with Gasteiger partial charge in [-0.15, -0.1) is 0 Å². The number of rotatable bonds is 5. The molecule has 0 spiro atoms. The fraction of sp³-hybridized carbons (Fsp3) is 0.684. The lowest BCUT2D eigenvalue weighted by molar-refractivity contribution is 0.0534. The molecular formula is C19H31NO. The first-order valence-electron chi connectivity index (χ1n) is 8.44. The van der Waals surface area contributed by atoms with Crippen molar-refractivity contribution in [2.24, 2.45) is 5.92 Å². The first-order chi connectivity index (χ1) is 10.1. The third kappa shape index (κ3) is 3.67. The van der Waals surface area contributed by atoms with Gasteiger partial charge in [-0.2, -0.15) is 0 Å². The third-order valence-electron chi connectivity index (χ3n) is 5.09. The number of ether oxygens (including phenoxy) is 1. The first-order valence-corrected chi connectivity index (χ1v) is 8.44. The largest absolute Gasteiger partial charge is 0.381 e. The van der Waals surface area contributed by atoms with Gasteiger partial charge >= 0.3 is 0 Å². The highest BCUT2D eigenvalue weighted by Crippen LogP contribution is 2.35. The smallest absolute Gasteiger partial charge is 0.0469 e. The summed E-state index contributed by atoms with van der Waals surface area (Å²) in [4.78, 5) is 0. The molecule has 1 unspecified atom stereocenters. The average molecular weight is 289 g/mol. The van der Waals surface area contributed by atoms with E-state index in [0.29, 0.717) is 12.0 Å². The van der Waals surface area contributed by atoms with Crippen molar-refractivity contribution >= 4 is 0 Å². The van der Waals surface area contributed by atoms with E-state index in [2.05, 4.69) is 46.0 Å². The van der Waals surface area contributed by atoms with Crippen LogP contribution < -0.4 is 5.32 Å². The van der Waals surface area contributed by atoms with Crippen molar-refractivity contribution in [1.29, 1.82) is 0 Å². The van der Waals surface area contributed by atoms with Crippen LogP contribution in [0, 0.1) is 33.6 Å². The predicted molar refractivity (Wildman–Crippen MR) is 90.0 cm³/mol. The van der Waals surface area contributed by atoms with E-state index in [1.165, 1.54) is 41.5 Å². The Balaban J connectivity index is 2.40. The maximum atomic E-state index is 5.57. The van der Waals surface area contributed by atoms with Crippen molar-refractivity contribution in [1.82, 2.24) is 5.32 Å².